The highest BCUT2D eigenvalue weighted by atomic mass is 32.2. The van der Waals surface area contributed by atoms with Gasteiger partial charge in [0.2, 0.25) is 15.9 Å². The predicted octanol–water partition coefficient (Wildman–Crippen LogP) is 1.61. The number of rotatable bonds is 5. The highest BCUT2D eigenvalue weighted by Gasteiger charge is 2.20. The lowest BCUT2D eigenvalue weighted by molar-refractivity contribution is 0.452. The molecule has 1 aromatic carbocycles. The molecule has 6 nitrogen and oxygen atoms in total. The molecule has 7 heteroatoms. The Balaban J connectivity index is 2.19. The van der Waals surface area contributed by atoms with Gasteiger partial charge in [-0.15, -0.1) is 0 Å². The topological polar surface area (TPSA) is 98.2 Å². The normalized spacial score (nSPS) is 11.7. The van der Waals surface area contributed by atoms with Crippen LogP contribution in [0.5, 0.6) is 0 Å². The third-order valence-corrected chi connectivity index (χ3v) is 4.49. The Bertz CT molecular complexity index is 687. The van der Waals surface area contributed by atoms with Gasteiger partial charge in [0.15, 0.2) is 0 Å². The fourth-order valence-corrected chi connectivity index (χ4v) is 3.19. The number of sulfonamides is 1. The van der Waals surface area contributed by atoms with Gasteiger partial charge in [-0.3, -0.25) is 0 Å². The lowest BCUT2D eigenvalue weighted by Crippen LogP contribution is -2.25. The molecule has 1 heterocycles. The van der Waals surface area contributed by atoms with Crippen LogP contribution in [0.3, 0.4) is 0 Å². The van der Waals surface area contributed by atoms with E-state index in [0.29, 0.717) is 17.9 Å². The van der Waals surface area contributed by atoms with Crippen molar-refractivity contribution in [3.63, 3.8) is 0 Å². The second-order valence-electron chi connectivity index (χ2n) is 4.39. The fraction of sp³-hybridized carbons (Fsp3) is 0.308. The van der Waals surface area contributed by atoms with Crippen molar-refractivity contribution >= 4 is 15.7 Å². The Hall–Kier alpha value is -1.86. The Labute approximate surface area is 118 Å². The molecule has 0 unspecified atom stereocenters. The first kappa shape index (κ1) is 14.5. The number of hydrogen-bond acceptors (Lipinski definition) is 5. The van der Waals surface area contributed by atoms with Crippen molar-refractivity contribution in [3.05, 3.63) is 41.6 Å². The molecule has 0 amide bonds. The van der Waals surface area contributed by atoms with Crippen LogP contribution >= 0.6 is 0 Å². The summed E-state index contributed by atoms with van der Waals surface area (Å²) in [5.41, 5.74) is 6.56. The van der Waals surface area contributed by atoms with Crippen molar-refractivity contribution in [2.24, 2.45) is 0 Å². The van der Waals surface area contributed by atoms with E-state index in [4.69, 9.17) is 10.2 Å². The van der Waals surface area contributed by atoms with Crippen LogP contribution in [-0.2, 0) is 23.0 Å². The first-order valence-corrected chi connectivity index (χ1v) is 7.70. The van der Waals surface area contributed by atoms with Crippen molar-refractivity contribution in [2.45, 2.75) is 31.7 Å². The van der Waals surface area contributed by atoms with Gasteiger partial charge in [-0.1, -0.05) is 19.1 Å². The maximum absolute atomic E-state index is 12.3. The van der Waals surface area contributed by atoms with Crippen molar-refractivity contribution in [1.29, 1.82) is 0 Å². The molecule has 20 heavy (non-hydrogen) atoms. The average Bonchev–Trinajstić information content (AvgIpc) is 2.84. The van der Waals surface area contributed by atoms with Gasteiger partial charge < -0.3 is 10.2 Å². The third-order valence-electron chi connectivity index (χ3n) is 2.87. The van der Waals surface area contributed by atoms with Crippen LogP contribution in [0.2, 0.25) is 0 Å². The van der Waals surface area contributed by atoms with Crippen LogP contribution < -0.4 is 10.5 Å². The molecule has 0 bridgehead atoms. The summed E-state index contributed by atoms with van der Waals surface area (Å²) < 4.78 is 32.3. The van der Waals surface area contributed by atoms with Gasteiger partial charge in [0.25, 0.3) is 0 Å². The first-order chi connectivity index (χ1) is 9.44. The van der Waals surface area contributed by atoms with Crippen molar-refractivity contribution in [1.82, 2.24) is 9.71 Å². The van der Waals surface area contributed by atoms with Crippen molar-refractivity contribution in [2.75, 3.05) is 5.73 Å². The Morgan fingerprint density at radius 1 is 1.40 bits per heavy atom. The number of nitrogen functional groups attached to an aromatic ring is 1. The number of anilines is 1. The minimum absolute atomic E-state index is 0.00386. The molecule has 0 fully saturated rings. The molecule has 1 aromatic heterocycles. The maximum atomic E-state index is 12.3. The van der Waals surface area contributed by atoms with E-state index in [-0.39, 0.29) is 17.1 Å². The van der Waals surface area contributed by atoms with Crippen LogP contribution in [0, 0.1) is 6.92 Å². The quantitative estimate of drug-likeness (QED) is 0.816. The van der Waals surface area contributed by atoms with Gasteiger partial charge in [-0.25, -0.2) is 18.1 Å². The summed E-state index contributed by atoms with van der Waals surface area (Å²) in [6, 6.07) is 4.97. The molecule has 108 valence electrons. The smallest absolute Gasteiger partial charge is 0.243 e. The van der Waals surface area contributed by atoms with E-state index in [9.17, 15) is 8.42 Å². The second-order valence-corrected chi connectivity index (χ2v) is 6.10. The summed E-state index contributed by atoms with van der Waals surface area (Å²) in [6.45, 7) is 3.63. The number of nitrogens with one attached hydrogen (secondary N) is 1. The van der Waals surface area contributed by atoms with Crippen molar-refractivity contribution in [3.8, 4) is 0 Å². The minimum atomic E-state index is -3.69. The van der Waals surface area contributed by atoms with Crippen LogP contribution in [0.25, 0.3) is 0 Å². The summed E-state index contributed by atoms with van der Waals surface area (Å²) in [5, 5.41) is 0. The summed E-state index contributed by atoms with van der Waals surface area (Å²) in [7, 11) is -3.69. The monoisotopic (exact) mass is 295 g/mol. The van der Waals surface area contributed by atoms with E-state index in [2.05, 4.69) is 9.71 Å². The summed E-state index contributed by atoms with van der Waals surface area (Å²) >= 11 is 0. The van der Waals surface area contributed by atoms with Crippen LogP contribution in [0.1, 0.15) is 24.1 Å². The molecule has 3 N–H and O–H groups in total. The molecule has 0 aliphatic heterocycles. The van der Waals surface area contributed by atoms with Crippen LogP contribution in [-0.4, -0.2) is 13.4 Å². The number of hydrogen-bond donors (Lipinski definition) is 2. The lowest BCUT2D eigenvalue weighted by atomic mass is 10.2. The zero-order chi connectivity index (χ0) is 14.8. The van der Waals surface area contributed by atoms with Crippen molar-refractivity contribution < 1.29 is 12.8 Å². The molecule has 0 aliphatic carbocycles. The largest absolute Gasteiger partial charge is 0.444 e. The van der Waals surface area contributed by atoms with E-state index in [1.165, 1.54) is 0 Å². The molecular weight excluding hydrogens is 278 g/mol. The van der Waals surface area contributed by atoms with E-state index < -0.39 is 10.0 Å². The highest BCUT2D eigenvalue weighted by molar-refractivity contribution is 7.89. The van der Waals surface area contributed by atoms with E-state index in [0.717, 1.165) is 5.76 Å². The number of oxazole rings is 1. The van der Waals surface area contributed by atoms with Gasteiger partial charge in [-0.2, -0.15) is 0 Å². The first-order valence-electron chi connectivity index (χ1n) is 6.22. The van der Waals surface area contributed by atoms with Gasteiger partial charge in [0, 0.05) is 6.42 Å². The number of aromatic nitrogens is 1. The second kappa shape index (κ2) is 5.64. The zero-order valence-electron chi connectivity index (χ0n) is 11.4. The Kier molecular flexibility index (Phi) is 4.10. The summed E-state index contributed by atoms with van der Waals surface area (Å²) in [5.74, 6) is 1.05. The Morgan fingerprint density at radius 3 is 2.75 bits per heavy atom. The molecule has 0 radical (unpaired) electrons. The molecular formula is C13H17N3O3S. The summed E-state index contributed by atoms with van der Waals surface area (Å²) in [6.07, 6.45) is 2.30. The molecule has 0 saturated heterocycles. The SMILES string of the molecule is CCc1cnc(CNS(=O)(=O)c2c(C)cccc2N)o1. The third kappa shape index (κ3) is 3.00. The van der Waals surface area contributed by atoms with Gasteiger partial charge in [0.1, 0.15) is 10.7 Å². The van der Waals surface area contributed by atoms with E-state index in [1.807, 2.05) is 6.92 Å². The van der Waals surface area contributed by atoms with Crippen LogP contribution in [0.4, 0.5) is 5.69 Å². The van der Waals surface area contributed by atoms with E-state index >= 15 is 0 Å². The van der Waals surface area contributed by atoms with Gasteiger partial charge in [-0.05, 0) is 18.6 Å². The number of benzene rings is 1. The summed E-state index contributed by atoms with van der Waals surface area (Å²) in [4.78, 5) is 4.10. The Morgan fingerprint density at radius 2 is 2.15 bits per heavy atom. The molecule has 2 rings (SSSR count). The number of nitrogens with zero attached hydrogens (tertiary/aromatic N) is 1. The number of nitrogens with two attached hydrogens (primary N) is 1. The van der Waals surface area contributed by atoms with E-state index in [1.54, 1.807) is 31.3 Å². The van der Waals surface area contributed by atoms with Gasteiger partial charge >= 0.3 is 0 Å². The average molecular weight is 295 g/mol. The lowest BCUT2D eigenvalue weighted by Gasteiger charge is -2.10. The highest BCUT2D eigenvalue weighted by Crippen LogP contribution is 2.22. The molecule has 0 spiro atoms. The predicted molar refractivity (Wildman–Crippen MR) is 75.5 cm³/mol. The molecule has 0 aliphatic rings. The zero-order valence-corrected chi connectivity index (χ0v) is 12.2. The molecule has 0 atom stereocenters. The van der Waals surface area contributed by atoms with Crippen LogP contribution in [0.15, 0.2) is 33.7 Å². The molecule has 2 aromatic rings. The molecule has 0 saturated carbocycles. The minimum Gasteiger partial charge on any atom is -0.444 e. The maximum Gasteiger partial charge on any atom is 0.243 e. The van der Waals surface area contributed by atoms with Gasteiger partial charge in [0.05, 0.1) is 18.4 Å². The standard InChI is InChI=1S/C13H17N3O3S/c1-3-10-7-15-12(19-10)8-16-20(17,18)13-9(2)5-4-6-11(13)14/h4-7,16H,3,8,14H2,1-2H3. The number of aryl methyl sites for hydroxylation is 2. The fourth-order valence-electron chi connectivity index (χ4n) is 1.86.